The molecule has 1 heterocycles. The normalized spacial score (nSPS) is 12.0. The van der Waals surface area contributed by atoms with Gasteiger partial charge in [0.2, 0.25) is 5.91 Å². The molecule has 3 aromatic rings. The van der Waals surface area contributed by atoms with Crippen molar-refractivity contribution in [3.05, 3.63) is 86.0 Å². The Kier molecular flexibility index (Phi) is 6.16. The van der Waals surface area contributed by atoms with Gasteiger partial charge in [0.15, 0.2) is 0 Å². The van der Waals surface area contributed by atoms with Gasteiger partial charge in [-0.15, -0.1) is 11.3 Å². The molecule has 1 atom stereocenters. The maximum absolute atomic E-state index is 14.5. The van der Waals surface area contributed by atoms with Crippen LogP contribution in [0.1, 0.15) is 34.8 Å². The lowest BCUT2D eigenvalue weighted by Gasteiger charge is -2.20. The smallest absolute Gasteiger partial charge is 0.226 e. The lowest BCUT2D eigenvalue weighted by molar-refractivity contribution is -0.121. The van der Waals surface area contributed by atoms with Crippen molar-refractivity contribution in [3.8, 4) is 0 Å². The number of aromatic nitrogens is 1. The number of thiazole rings is 1. The van der Waals surface area contributed by atoms with E-state index in [0.29, 0.717) is 10.0 Å². The molecule has 3 nitrogen and oxygen atoms in total. The highest BCUT2D eigenvalue weighted by Crippen LogP contribution is 2.27. The molecule has 2 aromatic carbocycles. The number of nitrogens with zero attached hydrogens (tertiary/aromatic N) is 1. The van der Waals surface area contributed by atoms with Crippen LogP contribution in [0.15, 0.2) is 58.4 Å². The highest BCUT2D eigenvalue weighted by molar-refractivity contribution is 9.10. The van der Waals surface area contributed by atoms with Gasteiger partial charge in [0, 0.05) is 15.4 Å². The van der Waals surface area contributed by atoms with Crippen LogP contribution in [0.3, 0.4) is 0 Å². The van der Waals surface area contributed by atoms with Crippen LogP contribution >= 0.6 is 27.3 Å². The predicted octanol–water partition coefficient (Wildman–Crippen LogP) is 5.06. The first-order valence-corrected chi connectivity index (χ1v) is 9.96. The number of rotatable bonds is 6. The summed E-state index contributed by atoms with van der Waals surface area (Å²) >= 11 is 4.82. The van der Waals surface area contributed by atoms with Crippen LogP contribution in [0.2, 0.25) is 0 Å². The van der Waals surface area contributed by atoms with E-state index in [2.05, 4.69) is 26.2 Å². The zero-order chi connectivity index (χ0) is 18.5. The van der Waals surface area contributed by atoms with Crippen molar-refractivity contribution in [1.82, 2.24) is 10.3 Å². The van der Waals surface area contributed by atoms with E-state index in [0.717, 1.165) is 22.7 Å². The lowest BCUT2D eigenvalue weighted by atomic mass is 9.98. The van der Waals surface area contributed by atoms with Crippen LogP contribution in [-0.4, -0.2) is 10.9 Å². The first-order chi connectivity index (χ1) is 12.6. The second kappa shape index (κ2) is 8.56. The standard InChI is InChI=1S/C20H18BrFN2OS/c1-2-19-23-15(12-26-19)11-18(25)24-20(13-6-4-3-5-7-13)16-9-8-14(21)10-17(16)22/h3-10,12,20H,2,11H2,1H3,(H,24,25). The van der Waals surface area contributed by atoms with Crippen LogP contribution < -0.4 is 5.32 Å². The molecule has 0 aliphatic rings. The lowest BCUT2D eigenvalue weighted by Crippen LogP contribution is -2.31. The minimum Gasteiger partial charge on any atom is -0.345 e. The minimum atomic E-state index is -0.555. The molecular formula is C20H18BrFN2OS. The number of hydrogen-bond donors (Lipinski definition) is 1. The SMILES string of the molecule is CCc1nc(CC(=O)NC(c2ccccc2)c2ccc(Br)cc2F)cs1. The number of carbonyl (C=O) groups excluding carboxylic acids is 1. The van der Waals surface area contributed by atoms with Crippen molar-refractivity contribution >= 4 is 33.2 Å². The molecule has 0 saturated heterocycles. The highest BCUT2D eigenvalue weighted by atomic mass is 79.9. The Labute approximate surface area is 164 Å². The van der Waals surface area contributed by atoms with Crippen molar-refractivity contribution < 1.29 is 9.18 Å². The predicted molar refractivity (Wildman–Crippen MR) is 106 cm³/mol. The Bertz CT molecular complexity index is 898. The van der Waals surface area contributed by atoms with Crippen LogP contribution in [0.25, 0.3) is 0 Å². The number of hydrogen-bond acceptors (Lipinski definition) is 3. The van der Waals surface area contributed by atoms with Crippen molar-refractivity contribution in [2.45, 2.75) is 25.8 Å². The summed E-state index contributed by atoms with van der Waals surface area (Å²) in [4.78, 5) is 17.0. The van der Waals surface area contributed by atoms with Gasteiger partial charge in [0.05, 0.1) is 23.2 Å². The molecule has 0 spiro atoms. The van der Waals surface area contributed by atoms with E-state index < -0.39 is 6.04 Å². The second-order valence-corrected chi connectivity index (χ2v) is 7.70. The molecule has 0 aliphatic heterocycles. The second-order valence-electron chi connectivity index (χ2n) is 5.84. The molecule has 1 unspecified atom stereocenters. The van der Waals surface area contributed by atoms with E-state index in [1.807, 2.05) is 42.6 Å². The van der Waals surface area contributed by atoms with Gasteiger partial charge in [-0.2, -0.15) is 0 Å². The largest absolute Gasteiger partial charge is 0.345 e. The first kappa shape index (κ1) is 18.7. The van der Waals surface area contributed by atoms with E-state index in [1.54, 1.807) is 23.5 Å². The van der Waals surface area contributed by atoms with Crippen molar-refractivity contribution in [2.24, 2.45) is 0 Å². The first-order valence-electron chi connectivity index (χ1n) is 8.29. The molecule has 0 bridgehead atoms. The summed E-state index contributed by atoms with van der Waals surface area (Å²) in [6, 6.07) is 13.7. The van der Waals surface area contributed by atoms with Gasteiger partial charge in [0.25, 0.3) is 0 Å². The van der Waals surface area contributed by atoms with Gasteiger partial charge < -0.3 is 5.32 Å². The fourth-order valence-corrected chi connectivity index (χ4v) is 3.77. The number of aryl methyl sites for hydroxylation is 1. The van der Waals surface area contributed by atoms with Gasteiger partial charge in [-0.1, -0.05) is 59.3 Å². The number of halogens is 2. The van der Waals surface area contributed by atoms with Gasteiger partial charge in [-0.25, -0.2) is 9.37 Å². The molecule has 0 aliphatic carbocycles. The summed E-state index contributed by atoms with van der Waals surface area (Å²) in [7, 11) is 0. The Morgan fingerprint density at radius 2 is 2.04 bits per heavy atom. The third-order valence-electron chi connectivity index (χ3n) is 3.96. The molecule has 1 N–H and O–H groups in total. The maximum atomic E-state index is 14.5. The molecule has 0 fully saturated rings. The summed E-state index contributed by atoms with van der Waals surface area (Å²) < 4.78 is 15.2. The number of benzene rings is 2. The Hall–Kier alpha value is -2.05. The fraction of sp³-hybridized carbons (Fsp3) is 0.200. The Morgan fingerprint density at radius 3 is 2.69 bits per heavy atom. The van der Waals surface area contributed by atoms with E-state index in [-0.39, 0.29) is 18.1 Å². The van der Waals surface area contributed by atoms with Gasteiger partial charge in [0.1, 0.15) is 5.82 Å². The maximum Gasteiger partial charge on any atom is 0.226 e. The summed E-state index contributed by atoms with van der Waals surface area (Å²) in [6.45, 7) is 2.03. The molecule has 6 heteroatoms. The molecule has 0 saturated carbocycles. The Morgan fingerprint density at radius 1 is 1.27 bits per heavy atom. The number of nitrogens with one attached hydrogen (secondary N) is 1. The monoisotopic (exact) mass is 432 g/mol. The van der Waals surface area contributed by atoms with Crippen LogP contribution in [-0.2, 0) is 17.6 Å². The van der Waals surface area contributed by atoms with E-state index >= 15 is 0 Å². The van der Waals surface area contributed by atoms with E-state index in [1.165, 1.54) is 6.07 Å². The number of carbonyl (C=O) groups is 1. The molecule has 0 radical (unpaired) electrons. The molecule has 134 valence electrons. The van der Waals surface area contributed by atoms with Crippen molar-refractivity contribution in [1.29, 1.82) is 0 Å². The zero-order valence-electron chi connectivity index (χ0n) is 14.2. The third-order valence-corrected chi connectivity index (χ3v) is 5.49. The van der Waals surface area contributed by atoms with Gasteiger partial charge >= 0.3 is 0 Å². The van der Waals surface area contributed by atoms with Crippen LogP contribution in [0, 0.1) is 5.82 Å². The minimum absolute atomic E-state index is 0.179. The average Bonchev–Trinajstić information content (AvgIpc) is 3.08. The summed E-state index contributed by atoms with van der Waals surface area (Å²) in [6.07, 6.45) is 1.03. The summed E-state index contributed by atoms with van der Waals surface area (Å²) in [5.74, 6) is -0.551. The Balaban J connectivity index is 1.85. The number of amides is 1. The molecule has 26 heavy (non-hydrogen) atoms. The molecular weight excluding hydrogens is 415 g/mol. The molecule has 1 amide bonds. The van der Waals surface area contributed by atoms with Crippen molar-refractivity contribution in [3.63, 3.8) is 0 Å². The summed E-state index contributed by atoms with van der Waals surface area (Å²) in [5, 5.41) is 5.86. The van der Waals surface area contributed by atoms with Crippen LogP contribution in [0.4, 0.5) is 4.39 Å². The molecule has 1 aromatic heterocycles. The third kappa shape index (κ3) is 4.56. The fourth-order valence-electron chi connectivity index (χ4n) is 2.69. The quantitative estimate of drug-likeness (QED) is 0.591. The molecule has 3 rings (SSSR count). The van der Waals surface area contributed by atoms with Gasteiger partial charge in [-0.3, -0.25) is 4.79 Å². The van der Waals surface area contributed by atoms with Crippen molar-refractivity contribution in [2.75, 3.05) is 0 Å². The average molecular weight is 433 g/mol. The topological polar surface area (TPSA) is 42.0 Å². The van der Waals surface area contributed by atoms with Gasteiger partial charge in [-0.05, 0) is 24.1 Å². The highest BCUT2D eigenvalue weighted by Gasteiger charge is 2.21. The van der Waals surface area contributed by atoms with E-state index in [9.17, 15) is 9.18 Å². The zero-order valence-corrected chi connectivity index (χ0v) is 16.6. The van der Waals surface area contributed by atoms with Crippen LogP contribution in [0.5, 0.6) is 0 Å². The van der Waals surface area contributed by atoms with E-state index in [4.69, 9.17) is 0 Å². The summed E-state index contributed by atoms with van der Waals surface area (Å²) in [5.41, 5.74) is 2.00.